The van der Waals surface area contributed by atoms with Gasteiger partial charge in [0.1, 0.15) is 0 Å². The zero-order valence-electron chi connectivity index (χ0n) is 9.79. The number of ether oxygens (including phenoxy) is 3. The maximum atomic E-state index is 5.42. The Balaban J connectivity index is 2.65. The fraction of sp³-hybridized carbons (Fsp3) is 0.385. The van der Waals surface area contributed by atoms with Crippen LogP contribution in [-0.2, 0) is 6.42 Å². The van der Waals surface area contributed by atoms with Crippen molar-refractivity contribution in [2.75, 3.05) is 21.3 Å². The molecule has 2 rings (SSSR count). The zero-order chi connectivity index (χ0) is 11.5. The molecule has 0 atom stereocenters. The molecule has 0 heterocycles. The molecule has 0 amide bonds. The summed E-state index contributed by atoms with van der Waals surface area (Å²) in [6.45, 7) is 0. The van der Waals surface area contributed by atoms with Crippen molar-refractivity contribution < 1.29 is 14.2 Å². The average Bonchev–Trinajstić information content (AvgIpc) is 2.36. The van der Waals surface area contributed by atoms with Crippen molar-refractivity contribution >= 4 is 6.08 Å². The lowest BCUT2D eigenvalue weighted by Gasteiger charge is -2.19. The smallest absolute Gasteiger partial charge is 0.203 e. The highest BCUT2D eigenvalue weighted by Crippen LogP contribution is 2.43. The molecule has 1 radical (unpaired) electrons. The second-order valence-corrected chi connectivity index (χ2v) is 3.56. The molecular weight excluding hydrogens is 204 g/mol. The van der Waals surface area contributed by atoms with E-state index < -0.39 is 0 Å². The predicted octanol–water partition coefficient (Wildman–Crippen LogP) is 2.47. The number of methoxy groups -OCH3 is 3. The summed E-state index contributed by atoms with van der Waals surface area (Å²) in [7, 11) is 4.90. The van der Waals surface area contributed by atoms with Gasteiger partial charge in [0.25, 0.3) is 0 Å². The van der Waals surface area contributed by atoms with Crippen LogP contribution in [0.5, 0.6) is 17.2 Å². The third kappa shape index (κ3) is 1.62. The molecule has 0 saturated heterocycles. The summed E-state index contributed by atoms with van der Waals surface area (Å²) in [6, 6.07) is 1.96. The minimum Gasteiger partial charge on any atom is -0.493 e. The number of fused-ring (bicyclic) bond motifs is 1. The van der Waals surface area contributed by atoms with Gasteiger partial charge in [-0.3, -0.25) is 0 Å². The molecule has 0 spiro atoms. The van der Waals surface area contributed by atoms with Crippen molar-refractivity contribution in [1.29, 1.82) is 0 Å². The Labute approximate surface area is 95.6 Å². The molecule has 0 aliphatic heterocycles. The summed E-state index contributed by atoms with van der Waals surface area (Å²) in [5.41, 5.74) is 2.26. The van der Waals surface area contributed by atoms with Crippen LogP contribution >= 0.6 is 0 Å². The molecule has 1 aromatic rings. The lowest BCUT2D eigenvalue weighted by Crippen LogP contribution is -2.03. The second kappa shape index (κ2) is 4.47. The minimum absolute atomic E-state index is 0.666. The largest absolute Gasteiger partial charge is 0.493 e. The first kappa shape index (κ1) is 10.9. The van der Waals surface area contributed by atoms with Crippen LogP contribution in [0.25, 0.3) is 6.08 Å². The first-order chi connectivity index (χ1) is 7.81. The van der Waals surface area contributed by atoms with Gasteiger partial charge in [-0.1, -0.05) is 6.08 Å². The van der Waals surface area contributed by atoms with Crippen LogP contribution in [0, 0.1) is 6.08 Å². The van der Waals surface area contributed by atoms with E-state index in [4.69, 9.17) is 14.2 Å². The molecule has 85 valence electrons. The number of hydrogen-bond acceptors (Lipinski definition) is 3. The van der Waals surface area contributed by atoms with E-state index in [9.17, 15) is 0 Å². The van der Waals surface area contributed by atoms with Gasteiger partial charge in [0.05, 0.1) is 21.3 Å². The van der Waals surface area contributed by atoms with E-state index in [0.717, 1.165) is 24.2 Å². The predicted molar refractivity (Wildman–Crippen MR) is 62.1 cm³/mol. The number of hydrogen-bond donors (Lipinski definition) is 0. The molecule has 3 nitrogen and oxygen atoms in total. The first-order valence-corrected chi connectivity index (χ1v) is 5.20. The molecule has 0 unspecified atom stereocenters. The molecule has 1 aliphatic carbocycles. The van der Waals surface area contributed by atoms with Gasteiger partial charge in [-0.25, -0.2) is 0 Å². The fourth-order valence-electron chi connectivity index (χ4n) is 2.00. The fourth-order valence-corrected chi connectivity index (χ4v) is 2.00. The van der Waals surface area contributed by atoms with Crippen molar-refractivity contribution in [3.63, 3.8) is 0 Å². The highest BCUT2D eigenvalue weighted by atomic mass is 16.5. The molecule has 0 saturated carbocycles. The monoisotopic (exact) mass is 219 g/mol. The van der Waals surface area contributed by atoms with E-state index in [-0.39, 0.29) is 0 Å². The Morgan fingerprint density at radius 3 is 2.44 bits per heavy atom. The Kier molecular flexibility index (Phi) is 3.04. The molecular formula is C13H15O3. The SMILES string of the molecule is COc1cc2c(c(OC)c1OC)CC[C]=C2. The Hall–Kier alpha value is -1.64. The molecule has 0 aromatic heterocycles. The van der Waals surface area contributed by atoms with Crippen LogP contribution in [-0.4, -0.2) is 21.3 Å². The molecule has 16 heavy (non-hydrogen) atoms. The van der Waals surface area contributed by atoms with E-state index in [0.29, 0.717) is 11.5 Å². The van der Waals surface area contributed by atoms with Gasteiger partial charge >= 0.3 is 0 Å². The van der Waals surface area contributed by atoms with Crippen molar-refractivity contribution in [3.05, 3.63) is 23.3 Å². The summed E-state index contributed by atoms with van der Waals surface area (Å²) in [5.74, 6) is 2.13. The third-order valence-electron chi connectivity index (χ3n) is 2.74. The lowest BCUT2D eigenvalue weighted by molar-refractivity contribution is 0.322. The van der Waals surface area contributed by atoms with Crippen molar-refractivity contribution in [2.24, 2.45) is 0 Å². The van der Waals surface area contributed by atoms with Crippen LogP contribution in [0.1, 0.15) is 17.5 Å². The second-order valence-electron chi connectivity index (χ2n) is 3.56. The minimum atomic E-state index is 0.666. The van der Waals surface area contributed by atoms with E-state index in [2.05, 4.69) is 6.08 Å². The average molecular weight is 219 g/mol. The summed E-state index contributed by atoms with van der Waals surface area (Å²) in [4.78, 5) is 0. The van der Waals surface area contributed by atoms with Gasteiger partial charge in [-0.2, -0.15) is 0 Å². The van der Waals surface area contributed by atoms with Gasteiger partial charge < -0.3 is 14.2 Å². The Morgan fingerprint density at radius 2 is 1.81 bits per heavy atom. The normalized spacial score (nSPS) is 13.2. The Morgan fingerprint density at radius 1 is 1.06 bits per heavy atom. The first-order valence-electron chi connectivity index (χ1n) is 5.20. The molecule has 0 fully saturated rings. The van der Waals surface area contributed by atoms with Crippen molar-refractivity contribution in [2.45, 2.75) is 12.8 Å². The summed E-state index contributed by atoms with van der Waals surface area (Å²) >= 11 is 0. The molecule has 1 aromatic carbocycles. The van der Waals surface area contributed by atoms with Crippen LogP contribution in [0.2, 0.25) is 0 Å². The van der Waals surface area contributed by atoms with E-state index in [1.807, 2.05) is 12.1 Å². The molecule has 1 aliphatic rings. The molecule has 0 N–H and O–H groups in total. The lowest BCUT2D eigenvalue weighted by atomic mass is 9.95. The standard InChI is InChI=1S/C13H15O3/c1-14-11-8-9-6-4-5-7-10(9)12(15-2)13(11)16-3/h6,8H,5,7H2,1-3H3. The van der Waals surface area contributed by atoms with Gasteiger partial charge in [-0.15, -0.1) is 0 Å². The molecule has 3 heteroatoms. The van der Waals surface area contributed by atoms with Crippen LogP contribution < -0.4 is 14.2 Å². The van der Waals surface area contributed by atoms with Gasteiger partial charge in [0.2, 0.25) is 5.75 Å². The summed E-state index contributed by atoms with van der Waals surface area (Å²) in [6.07, 6.45) is 7.02. The zero-order valence-corrected chi connectivity index (χ0v) is 9.79. The Bertz CT molecular complexity index is 422. The maximum Gasteiger partial charge on any atom is 0.203 e. The molecule has 0 bridgehead atoms. The van der Waals surface area contributed by atoms with Gasteiger partial charge in [0.15, 0.2) is 11.5 Å². The van der Waals surface area contributed by atoms with E-state index in [1.165, 1.54) is 5.56 Å². The number of benzene rings is 1. The van der Waals surface area contributed by atoms with Crippen LogP contribution in [0.15, 0.2) is 6.07 Å². The summed E-state index contributed by atoms with van der Waals surface area (Å²) < 4.78 is 16.1. The van der Waals surface area contributed by atoms with E-state index in [1.54, 1.807) is 21.3 Å². The maximum absolute atomic E-state index is 5.42. The highest BCUT2D eigenvalue weighted by molar-refractivity contribution is 5.68. The highest BCUT2D eigenvalue weighted by Gasteiger charge is 2.20. The topological polar surface area (TPSA) is 27.7 Å². The van der Waals surface area contributed by atoms with Crippen LogP contribution in [0.4, 0.5) is 0 Å². The number of rotatable bonds is 3. The van der Waals surface area contributed by atoms with E-state index >= 15 is 0 Å². The van der Waals surface area contributed by atoms with Gasteiger partial charge in [0, 0.05) is 5.56 Å². The van der Waals surface area contributed by atoms with Crippen molar-refractivity contribution in [1.82, 2.24) is 0 Å². The van der Waals surface area contributed by atoms with Crippen LogP contribution in [0.3, 0.4) is 0 Å². The van der Waals surface area contributed by atoms with Crippen molar-refractivity contribution in [3.8, 4) is 17.2 Å². The quantitative estimate of drug-likeness (QED) is 0.781. The summed E-state index contributed by atoms with van der Waals surface area (Å²) in [5, 5.41) is 0. The van der Waals surface area contributed by atoms with Gasteiger partial charge in [-0.05, 0) is 30.5 Å². The third-order valence-corrected chi connectivity index (χ3v) is 2.74. The number of allylic oxidation sites excluding steroid dienone is 1.